The number of aryl methyl sites for hydroxylation is 1. The lowest BCUT2D eigenvalue weighted by Gasteiger charge is -2.34. The molecule has 10 heteroatoms. The molecule has 2 heterocycles. The third kappa shape index (κ3) is 6.79. The van der Waals surface area contributed by atoms with Gasteiger partial charge in [0.05, 0.1) is 11.5 Å². The first kappa shape index (κ1) is 24.7. The Bertz CT molecular complexity index is 970. The number of alkyl halides is 2. The molecule has 3 rings (SSSR count). The fraction of sp³-hybridized carbons (Fsp3) is 0.522. The van der Waals surface area contributed by atoms with Crippen LogP contribution in [0.2, 0.25) is 0 Å². The number of benzene rings is 1. The van der Waals surface area contributed by atoms with Crippen LogP contribution in [0.25, 0.3) is 0 Å². The van der Waals surface area contributed by atoms with Crippen molar-refractivity contribution in [3.63, 3.8) is 0 Å². The van der Waals surface area contributed by atoms with Crippen LogP contribution in [0, 0.1) is 5.82 Å². The van der Waals surface area contributed by atoms with Gasteiger partial charge in [0.25, 0.3) is 5.89 Å². The van der Waals surface area contributed by atoms with Gasteiger partial charge in [-0.25, -0.2) is 8.78 Å². The Balaban J connectivity index is 1.60. The Kier molecular flexibility index (Phi) is 8.10. The van der Waals surface area contributed by atoms with Crippen molar-refractivity contribution in [1.29, 1.82) is 0 Å². The van der Waals surface area contributed by atoms with Crippen LogP contribution in [0.4, 0.5) is 28.9 Å². The summed E-state index contributed by atoms with van der Waals surface area (Å²) in [5.74, 6) is -4.87. The van der Waals surface area contributed by atoms with Crippen LogP contribution in [-0.2, 0) is 17.1 Å². The molecule has 0 unspecified atom stereocenters. The predicted molar refractivity (Wildman–Crippen MR) is 116 cm³/mol. The van der Waals surface area contributed by atoms with E-state index < -0.39 is 17.6 Å². The van der Waals surface area contributed by atoms with Crippen molar-refractivity contribution < 1.29 is 26.9 Å². The molecular formula is C23H28F4N4O2. The normalized spacial score (nSPS) is 13.7. The molecule has 1 aromatic carbocycles. The van der Waals surface area contributed by atoms with Crippen LogP contribution in [0.1, 0.15) is 57.2 Å². The standard InChI is InChI=1S/C23H28F4N4O2/c1-16(24)8-11-21(32)31(17-9-10-18(25)19(15-17)30-12-6-13-30)14-5-3-4-7-20-28-22(33-29-20)23(2,26)27/h9-10,15H,1,3-8,11-14H2,2H3. The van der Waals surface area contributed by atoms with Gasteiger partial charge in [0, 0.05) is 51.5 Å². The minimum absolute atomic E-state index is 0.0391. The zero-order valence-electron chi connectivity index (χ0n) is 18.6. The molecule has 1 aliphatic rings. The van der Waals surface area contributed by atoms with Crippen molar-refractivity contribution >= 4 is 17.3 Å². The van der Waals surface area contributed by atoms with Crippen LogP contribution in [-0.4, -0.2) is 35.7 Å². The van der Waals surface area contributed by atoms with E-state index in [1.807, 2.05) is 4.90 Å². The van der Waals surface area contributed by atoms with Gasteiger partial charge in [-0.3, -0.25) is 4.79 Å². The van der Waals surface area contributed by atoms with E-state index in [-0.39, 0.29) is 30.4 Å². The molecule has 1 aromatic heterocycles. The zero-order valence-corrected chi connectivity index (χ0v) is 18.6. The molecule has 1 amide bonds. The Morgan fingerprint density at radius 2 is 2.00 bits per heavy atom. The number of allylic oxidation sites excluding steroid dienone is 1. The lowest BCUT2D eigenvalue weighted by Crippen LogP contribution is -2.38. The highest BCUT2D eigenvalue weighted by molar-refractivity contribution is 5.94. The molecule has 0 N–H and O–H groups in total. The Morgan fingerprint density at radius 3 is 2.61 bits per heavy atom. The largest absolute Gasteiger partial charge is 0.369 e. The van der Waals surface area contributed by atoms with Gasteiger partial charge in [-0.1, -0.05) is 18.2 Å². The molecule has 1 aliphatic heterocycles. The molecule has 1 saturated heterocycles. The SMILES string of the molecule is C=C(F)CCC(=O)N(CCCCCc1noc(C(C)(F)F)n1)c1ccc(F)c(N2CCC2)c1. The number of hydrogen-bond acceptors (Lipinski definition) is 5. The molecule has 33 heavy (non-hydrogen) atoms. The minimum Gasteiger partial charge on any atom is -0.369 e. The average molecular weight is 468 g/mol. The average Bonchev–Trinajstić information content (AvgIpc) is 3.19. The van der Waals surface area contributed by atoms with Crippen LogP contribution in [0.15, 0.2) is 35.1 Å². The summed E-state index contributed by atoms with van der Waals surface area (Å²) in [4.78, 5) is 19.9. The first-order valence-corrected chi connectivity index (χ1v) is 11.0. The number of hydrogen-bond donors (Lipinski definition) is 0. The molecule has 180 valence electrons. The van der Waals surface area contributed by atoms with E-state index in [9.17, 15) is 22.4 Å². The minimum atomic E-state index is -3.18. The molecule has 0 saturated carbocycles. The monoisotopic (exact) mass is 468 g/mol. The van der Waals surface area contributed by atoms with Gasteiger partial charge >= 0.3 is 5.92 Å². The van der Waals surface area contributed by atoms with E-state index in [0.717, 1.165) is 19.5 Å². The lowest BCUT2D eigenvalue weighted by atomic mass is 10.1. The van der Waals surface area contributed by atoms with E-state index in [0.29, 0.717) is 50.5 Å². The molecule has 0 spiro atoms. The van der Waals surface area contributed by atoms with Crippen molar-refractivity contribution in [3.8, 4) is 0 Å². The van der Waals surface area contributed by atoms with Gasteiger partial charge in [0.1, 0.15) is 5.82 Å². The lowest BCUT2D eigenvalue weighted by molar-refractivity contribution is -0.118. The molecule has 0 atom stereocenters. The Morgan fingerprint density at radius 1 is 1.24 bits per heavy atom. The summed E-state index contributed by atoms with van der Waals surface area (Å²) in [7, 11) is 0. The summed E-state index contributed by atoms with van der Waals surface area (Å²) in [5, 5.41) is 3.57. The van der Waals surface area contributed by atoms with Crippen LogP contribution in [0.3, 0.4) is 0 Å². The van der Waals surface area contributed by atoms with Crippen molar-refractivity contribution in [1.82, 2.24) is 10.1 Å². The highest BCUT2D eigenvalue weighted by atomic mass is 19.3. The van der Waals surface area contributed by atoms with Crippen molar-refractivity contribution in [2.24, 2.45) is 0 Å². The second-order valence-electron chi connectivity index (χ2n) is 8.25. The van der Waals surface area contributed by atoms with Gasteiger partial charge < -0.3 is 14.3 Å². The third-order valence-electron chi connectivity index (χ3n) is 5.48. The first-order chi connectivity index (χ1) is 15.6. The van der Waals surface area contributed by atoms with Gasteiger partial charge in [-0.2, -0.15) is 13.8 Å². The first-order valence-electron chi connectivity index (χ1n) is 11.0. The van der Waals surface area contributed by atoms with Crippen LogP contribution in [0.5, 0.6) is 0 Å². The number of aromatic nitrogens is 2. The number of unbranched alkanes of at least 4 members (excludes halogenated alkanes) is 2. The van der Waals surface area contributed by atoms with Gasteiger partial charge in [-0.15, -0.1) is 0 Å². The molecule has 0 radical (unpaired) electrons. The summed E-state index contributed by atoms with van der Waals surface area (Å²) in [6.07, 6.45) is 3.13. The summed E-state index contributed by atoms with van der Waals surface area (Å²) in [5.41, 5.74) is 1.01. The fourth-order valence-corrected chi connectivity index (χ4v) is 3.51. The fourth-order valence-electron chi connectivity index (χ4n) is 3.51. The molecule has 0 aliphatic carbocycles. The summed E-state index contributed by atoms with van der Waals surface area (Å²) < 4.78 is 58.3. The molecular weight excluding hydrogens is 440 g/mol. The van der Waals surface area contributed by atoms with E-state index in [1.165, 1.54) is 11.0 Å². The van der Waals surface area contributed by atoms with Crippen molar-refractivity contribution in [2.45, 2.75) is 57.8 Å². The molecule has 1 fully saturated rings. The van der Waals surface area contributed by atoms with Crippen molar-refractivity contribution in [2.75, 3.05) is 29.4 Å². The number of carbonyl (C=O) groups excluding carboxylic acids is 1. The van der Waals surface area contributed by atoms with Crippen molar-refractivity contribution in [3.05, 3.63) is 48.1 Å². The number of halogens is 4. The Hall–Kier alpha value is -2.91. The van der Waals surface area contributed by atoms with Gasteiger partial charge in [0.15, 0.2) is 5.82 Å². The second kappa shape index (κ2) is 10.8. The number of anilines is 2. The molecule has 2 aromatic rings. The maximum absolute atomic E-state index is 14.3. The van der Waals surface area contributed by atoms with Crippen LogP contribution < -0.4 is 9.80 Å². The maximum atomic E-state index is 14.3. The van der Waals surface area contributed by atoms with Crippen LogP contribution >= 0.6 is 0 Å². The molecule has 0 bridgehead atoms. The summed E-state index contributed by atoms with van der Waals surface area (Å²) in [6, 6.07) is 4.55. The highest BCUT2D eigenvalue weighted by Gasteiger charge is 2.32. The summed E-state index contributed by atoms with van der Waals surface area (Å²) in [6.45, 7) is 5.77. The van der Waals surface area contributed by atoms with E-state index in [4.69, 9.17) is 0 Å². The Labute approximate surface area is 190 Å². The predicted octanol–water partition coefficient (Wildman–Crippen LogP) is 5.54. The number of rotatable bonds is 12. The number of nitrogens with zero attached hydrogens (tertiary/aromatic N) is 4. The quantitative estimate of drug-likeness (QED) is 0.302. The maximum Gasteiger partial charge on any atom is 0.322 e. The van der Waals surface area contributed by atoms with Gasteiger partial charge in [-0.05, 0) is 37.5 Å². The van der Waals surface area contributed by atoms with E-state index in [2.05, 4.69) is 21.2 Å². The highest BCUT2D eigenvalue weighted by Crippen LogP contribution is 2.30. The number of carbonyl (C=O) groups is 1. The van der Waals surface area contributed by atoms with E-state index >= 15 is 0 Å². The van der Waals surface area contributed by atoms with Gasteiger partial charge in [0.2, 0.25) is 5.91 Å². The summed E-state index contributed by atoms with van der Waals surface area (Å²) >= 11 is 0. The molecule has 6 nitrogen and oxygen atoms in total. The number of amides is 1. The second-order valence-corrected chi connectivity index (χ2v) is 8.25. The zero-order chi connectivity index (χ0) is 24.0. The smallest absolute Gasteiger partial charge is 0.322 e. The third-order valence-corrected chi connectivity index (χ3v) is 5.48. The topological polar surface area (TPSA) is 62.5 Å². The van der Waals surface area contributed by atoms with E-state index in [1.54, 1.807) is 12.1 Å².